The van der Waals surface area contributed by atoms with Crippen LogP contribution in [0.4, 0.5) is 0 Å². The quantitative estimate of drug-likeness (QED) is 0.366. The van der Waals surface area contributed by atoms with Gasteiger partial charge in [-0.25, -0.2) is 0 Å². The average Bonchev–Trinajstić information content (AvgIpc) is 2.78. The number of nitrogens with zero attached hydrogens (tertiary/aromatic N) is 3. The van der Waals surface area contributed by atoms with E-state index >= 15 is 0 Å². The molecule has 1 aromatic heterocycles. The minimum Gasteiger partial charge on any atom is -0.356 e. The van der Waals surface area contributed by atoms with Crippen LogP contribution in [-0.2, 0) is 18.4 Å². The van der Waals surface area contributed by atoms with Gasteiger partial charge in [-0.1, -0.05) is 0 Å². The number of aromatic nitrogens is 2. The molecule has 1 heterocycles. The Morgan fingerprint density at radius 2 is 2.14 bits per heavy atom. The minimum absolute atomic E-state index is 0. The number of guanidine groups is 1. The molecule has 3 N–H and O–H groups in total. The van der Waals surface area contributed by atoms with Gasteiger partial charge in [0.1, 0.15) is 0 Å². The molecule has 0 aromatic carbocycles. The summed E-state index contributed by atoms with van der Waals surface area (Å²) >= 11 is 0. The van der Waals surface area contributed by atoms with Gasteiger partial charge in [0.15, 0.2) is 5.96 Å². The van der Waals surface area contributed by atoms with Crippen molar-refractivity contribution >= 4 is 35.8 Å². The molecule has 1 aromatic rings. The number of rotatable bonds is 6. The molecule has 0 saturated heterocycles. The Hall–Kier alpha value is -1.32. The molecular weight excluding hydrogens is 383 g/mol. The van der Waals surface area contributed by atoms with E-state index in [4.69, 9.17) is 0 Å². The summed E-state index contributed by atoms with van der Waals surface area (Å²) in [5.74, 6) is 0.707. The minimum atomic E-state index is 0. The molecule has 0 atom stereocenters. The first-order valence-corrected chi connectivity index (χ1v) is 6.73. The molecule has 7 nitrogen and oxygen atoms in total. The van der Waals surface area contributed by atoms with Crippen LogP contribution in [0.2, 0.25) is 0 Å². The summed E-state index contributed by atoms with van der Waals surface area (Å²) < 4.78 is 1.80. The van der Waals surface area contributed by atoms with E-state index in [9.17, 15) is 4.79 Å². The van der Waals surface area contributed by atoms with E-state index in [1.54, 1.807) is 17.9 Å². The maximum atomic E-state index is 11.5. The van der Waals surface area contributed by atoms with Gasteiger partial charge >= 0.3 is 0 Å². The van der Waals surface area contributed by atoms with Crippen LogP contribution in [0.1, 0.15) is 26.0 Å². The van der Waals surface area contributed by atoms with Crippen molar-refractivity contribution in [3.8, 4) is 0 Å². The highest BCUT2D eigenvalue weighted by Crippen LogP contribution is 1.94. The van der Waals surface area contributed by atoms with Crippen molar-refractivity contribution in [1.82, 2.24) is 25.7 Å². The SMILES string of the molecule is CN=C(NCCC(=O)NC(C)C)NCc1ccnn1C.I. The number of hydrogen-bond acceptors (Lipinski definition) is 3. The summed E-state index contributed by atoms with van der Waals surface area (Å²) in [4.78, 5) is 15.6. The smallest absolute Gasteiger partial charge is 0.221 e. The first-order chi connectivity index (χ1) is 9.52. The number of carbonyl (C=O) groups excluding carboxylic acids is 1. The number of nitrogens with one attached hydrogen (secondary N) is 3. The van der Waals surface area contributed by atoms with E-state index in [1.807, 2.05) is 27.0 Å². The van der Waals surface area contributed by atoms with Gasteiger partial charge < -0.3 is 16.0 Å². The van der Waals surface area contributed by atoms with Crippen molar-refractivity contribution in [3.05, 3.63) is 18.0 Å². The van der Waals surface area contributed by atoms with Crippen molar-refractivity contribution in [3.63, 3.8) is 0 Å². The highest BCUT2D eigenvalue weighted by molar-refractivity contribution is 14.0. The Morgan fingerprint density at radius 1 is 1.43 bits per heavy atom. The van der Waals surface area contributed by atoms with Crippen LogP contribution in [0.25, 0.3) is 0 Å². The molecule has 21 heavy (non-hydrogen) atoms. The first-order valence-electron chi connectivity index (χ1n) is 6.73. The lowest BCUT2D eigenvalue weighted by Crippen LogP contribution is -2.40. The van der Waals surface area contributed by atoms with Crippen molar-refractivity contribution in [2.24, 2.45) is 12.0 Å². The third-order valence-corrected chi connectivity index (χ3v) is 2.68. The van der Waals surface area contributed by atoms with Gasteiger partial charge in [0.25, 0.3) is 0 Å². The van der Waals surface area contributed by atoms with E-state index in [-0.39, 0.29) is 35.9 Å². The number of aliphatic imine (C=N–C) groups is 1. The van der Waals surface area contributed by atoms with Gasteiger partial charge in [0.05, 0.1) is 12.2 Å². The molecule has 0 aliphatic carbocycles. The number of aryl methyl sites for hydroxylation is 1. The van der Waals surface area contributed by atoms with Crippen LogP contribution in [0.5, 0.6) is 0 Å². The second-order valence-corrected chi connectivity index (χ2v) is 4.77. The zero-order chi connectivity index (χ0) is 15.0. The highest BCUT2D eigenvalue weighted by atomic mass is 127. The molecule has 8 heteroatoms. The highest BCUT2D eigenvalue weighted by Gasteiger charge is 2.04. The molecule has 120 valence electrons. The normalized spacial score (nSPS) is 11.0. The van der Waals surface area contributed by atoms with Gasteiger partial charge in [0.2, 0.25) is 5.91 Å². The lowest BCUT2D eigenvalue weighted by atomic mass is 10.3. The monoisotopic (exact) mass is 408 g/mol. The molecule has 0 aliphatic heterocycles. The fraction of sp³-hybridized carbons (Fsp3) is 0.615. The Morgan fingerprint density at radius 3 is 2.67 bits per heavy atom. The predicted octanol–water partition coefficient (Wildman–Crippen LogP) is 0.618. The van der Waals surface area contributed by atoms with Crippen LogP contribution in [0.15, 0.2) is 17.3 Å². The van der Waals surface area contributed by atoms with Gasteiger partial charge in [-0.05, 0) is 19.9 Å². The molecule has 1 rings (SSSR count). The van der Waals surface area contributed by atoms with Gasteiger partial charge in [0, 0.05) is 39.3 Å². The molecule has 0 radical (unpaired) electrons. The lowest BCUT2D eigenvalue weighted by molar-refractivity contribution is -0.121. The Balaban J connectivity index is 0.00000400. The summed E-state index contributed by atoms with van der Waals surface area (Å²) in [6, 6.07) is 2.11. The maximum Gasteiger partial charge on any atom is 0.221 e. The summed E-state index contributed by atoms with van der Waals surface area (Å²) in [7, 11) is 3.59. The van der Waals surface area contributed by atoms with E-state index in [1.165, 1.54) is 0 Å². The molecular formula is C13H25IN6O. The molecule has 0 saturated carbocycles. The van der Waals surface area contributed by atoms with Crippen molar-refractivity contribution < 1.29 is 4.79 Å². The van der Waals surface area contributed by atoms with Crippen LogP contribution in [0, 0.1) is 0 Å². The van der Waals surface area contributed by atoms with E-state index in [2.05, 4.69) is 26.0 Å². The van der Waals surface area contributed by atoms with Gasteiger partial charge in [-0.2, -0.15) is 5.10 Å². The molecule has 0 aliphatic rings. The van der Waals surface area contributed by atoms with Crippen LogP contribution in [0.3, 0.4) is 0 Å². The molecule has 0 bridgehead atoms. The standard InChI is InChI=1S/C13H24N6O.HI/c1-10(2)18-12(20)6-7-15-13(14-3)16-9-11-5-8-17-19(11)4;/h5,8,10H,6-7,9H2,1-4H3,(H,18,20)(H2,14,15,16);1H. The largest absolute Gasteiger partial charge is 0.356 e. The Kier molecular flexibility index (Phi) is 9.76. The third kappa shape index (κ3) is 7.88. The zero-order valence-electron chi connectivity index (χ0n) is 13.0. The summed E-state index contributed by atoms with van der Waals surface area (Å²) in [6.45, 7) is 5.07. The third-order valence-electron chi connectivity index (χ3n) is 2.68. The van der Waals surface area contributed by atoms with Crippen molar-refractivity contribution in [2.45, 2.75) is 32.9 Å². The van der Waals surface area contributed by atoms with Gasteiger partial charge in [-0.3, -0.25) is 14.5 Å². The zero-order valence-corrected chi connectivity index (χ0v) is 15.3. The molecule has 0 unspecified atom stereocenters. The molecule has 0 spiro atoms. The molecule has 0 fully saturated rings. The number of carbonyl (C=O) groups is 1. The second-order valence-electron chi connectivity index (χ2n) is 4.77. The average molecular weight is 408 g/mol. The lowest BCUT2D eigenvalue weighted by Gasteiger charge is -2.12. The fourth-order valence-electron chi connectivity index (χ4n) is 1.66. The second kappa shape index (κ2) is 10.4. The number of hydrogen-bond donors (Lipinski definition) is 3. The van der Waals surface area contributed by atoms with E-state index in [0.29, 0.717) is 25.5 Å². The maximum absolute atomic E-state index is 11.5. The van der Waals surface area contributed by atoms with Crippen molar-refractivity contribution in [1.29, 1.82) is 0 Å². The van der Waals surface area contributed by atoms with E-state index < -0.39 is 0 Å². The Labute approximate surface area is 143 Å². The summed E-state index contributed by atoms with van der Waals surface area (Å²) in [5.41, 5.74) is 1.06. The van der Waals surface area contributed by atoms with Crippen molar-refractivity contribution in [2.75, 3.05) is 13.6 Å². The van der Waals surface area contributed by atoms with Gasteiger partial charge in [-0.15, -0.1) is 24.0 Å². The Bertz CT molecular complexity index is 457. The number of halogens is 1. The summed E-state index contributed by atoms with van der Waals surface area (Å²) in [6.07, 6.45) is 2.17. The first kappa shape index (κ1) is 19.7. The van der Waals surface area contributed by atoms with Crippen LogP contribution >= 0.6 is 24.0 Å². The summed E-state index contributed by atoms with van der Waals surface area (Å²) in [5, 5.41) is 13.2. The van der Waals surface area contributed by atoms with Crippen LogP contribution < -0.4 is 16.0 Å². The number of amides is 1. The topological polar surface area (TPSA) is 83.3 Å². The predicted molar refractivity (Wildman–Crippen MR) is 94.7 cm³/mol. The van der Waals surface area contributed by atoms with E-state index in [0.717, 1.165) is 5.69 Å². The van der Waals surface area contributed by atoms with Crippen LogP contribution in [-0.4, -0.2) is 41.3 Å². The molecule has 1 amide bonds. The fourth-order valence-corrected chi connectivity index (χ4v) is 1.66.